The summed E-state index contributed by atoms with van der Waals surface area (Å²) in [6.45, 7) is 2.63. The van der Waals surface area contributed by atoms with E-state index < -0.39 is 11.9 Å². The average molecular weight is 330 g/mol. The molecule has 0 unspecified atom stereocenters. The van der Waals surface area contributed by atoms with E-state index in [4.69, 9.17) is 5.73 Å². The summed E-state index contributed by atoms with van der Waals surface area (Å²) in [4.78, 5) is 25.4. The summed E-state index contributed by atoms with van der Waals surface area (Å²) in [7, 11) is 0. The highest BCUT2D eigenvalue weighted by molar-refractivity contribution is 5.94. The number of nitrogens with two attached hydrogens (primary N) is 1. The van der Waals surface area contributed by atoms with Gasteiger partial charge in [-0.25, -0.2) is 4.39 Å². The van der Waals surface area contributed by atoms with Crippen molar-refractivity contribution in [3.8, 4) is 0 Å². The van der Waals surface area contributed by atoms with Gasteiger partial charge in [0.2, 0.25) is 5.91 Å². The maximum Gasteiger partial charge on any atom is 0.256 e. The molecular formula is C15H21ClFN3O2. The molecule has 7 heteroatoms. The van der Waals surface area contributed by atoms with Gasteiger partial charge in [-0.3, -0.25) is 9.59 Å². The molecule has 1 aliphatic heterocycles. The molecule has 0 radical (unpaired) electrons. The topological polar surface area (TPSA) is 75.4 Å². The molecule has 1 saturated heterocycles. The van der Waals surface area contributed by atoms with Crippen LogP contribution < -0.4 is 11.1 Å². The Morgan fingerprint density at radius 1 is 1.32 bits per heavy atom. The van der Waals surface area contributed by atoms with Gasteiger partial charge in [-0.15, -0.1) is 12.4 Å². The van der Waals surface area contributed by atoms with Crippen LogP contribution in [-0.2, 0) is 4.79 Å². The molecule has 0 aliphatic carbocycles. The number of likely N-dealkylation sites (tertiary alicyclic amines) is 1. The van der Waals surface area contributed by atoms with Crippen molar-refractivity contribution in [2.45, 2.75) is 31.8 Å². The lowest BCUT2D eigenvalue weighted by Gasteiger charge is -2.32. The second kappa shape index (κ2) is 8.10. The fourth-order valence-corrected chi connectivity index (χ4v) is 2.36. The first-order valence-electron chi connectivity index (χ1n) is 7.09. The fourth-order valence-electron chi connectivity index (χ4n) is 2.36. The largest absolute Gasteiger partial charge is 0.352 e. The van der Waals surface area contributed by atoms with Crippen molar-refractivity contribution in [1.82, 2.24) is 10.2 Å². The van der Waals surface area contributed by atoms with Crippen LogP contribution >= 0.6 is 12.4 Å². The van der Waals surface area contributed by atoms with Crippen LogP contribution in [-0.4, -0.2) is 41.9 Å². The van der Waals surface area contributed by atoms with E-state index in [1.54, 1.807) is 24.0 Å². The number of benzene rings is 1. The zero-order valence-electron chi connectivity index (χ0n) is 12.4. The number of hydrogen-bond acceptors (Lipinski definition) is 3. The third-order valence-corrected chi connectivity index (χ3v) is 3.65. The Balaban J connectivity index is 0.00000242. The highest BCUT2D eigenvalue weighted by atomic mass is 35.5. The van der Waals surface area contributed by atoms with Crippen LogP contribution in [0.25, 0.3) is 0 Å². The number of amides is 2. The van der Waals surface area contributed by atoms with E-state index in [2.05, 4.69) is 5.32 Å². The summed E-state index contributed by atoms with van der Waals surface area (Å²) in [6.07, 6.45) is 1.30. The van der Waals surface area contributed by atoms with Crippen molar-refractivity contribution in [2.75, 3.05) is 13.1 Å². The first-order chi connectivity index (χ1) is 9.99. The Bertz CT molecular complexity index is 531. The monoisotopic (exact) mass is 329 g/mol. The van der Waals surface area contributed by atoms with Crippen LogP contribution in [0.4, 0.5) is 4.39 Å². The minimum atomic E-state index is -0.539. The molecular weight excluding hydrogens is 309 g/mol. The van der Waals surface area contributed by atoms with Crippen LogP contribution in [0.1, 0.15) is 30.1 Å². The molecule has 122 valence electrons. The highest BCUT2D eigenvalue weighted by Gasteiger charge is 2.26. The third kappa shape index (κ3) is 4.42. The van der Waals surface area contributed by atoms with Crippen LogP contribution in [0.2, 0.25) is 0 Å². The Morgan fingerprint density at radius 2 is 1.91 bits per heavy atom. The Labute approximate surface area is 135 Å². The minimum Gasteiger partial charge on any atom is -0.352 e. The number of carbonyl (C=O) groups is 2. The van der Waals surface area contributed by atoms with Gasteiger partial charge in [-0.2, -0.15) is 0 Å². The molecule has 0 bridgehead atoms. The van der Waals surface area contributed by atoms with Gasteiger partial charge >= 0.3 is 0 Å². The smallest absolute Gasteiger partial charge is 0.256 e. The number of carbonyl (C=O) groups excluding carboxylic acids is 2. The summed E-state index contributed by atoms with van der Waals surface area (Å²) < 4.78 is 13.6. The zero-order chi connectivity index (χ0) is 15.4. The van der Waals surface area contributed by atoms with Crippen molar-refractivity contribution in [2.24, 2.45) is 5.73 Å². The summed E-state index contributed by atoms with van der Waals surface area (Å²) in [5.41, 5.74) is 5.60. The number of rotatable bonds is 3. The Kier molecular flexibility index (Phi) is 6.77. The molecule has 1 fully saturated rings. The number of halogens is 2. The number of nitrogens with zero attached hydrogens (tertiary/aromatic N) is 1. The number of nitrogens with one attached hydrogen (secondary N) is 1. The first kappa shape index (κ1) is 18.4. The van der Waals surface area contributed by atoms with Gasteiger partial charge < -0.3 is 16.0 Å². The molecule has 0 spiro atoms. The summed E-state index contributed by atoms with van der Waals surface area (Å²) in [5, 5.41) is 2.85. The van der Waals surface area contributed by atoms with Crippen molar-refractivity contribution in [3.05, 3.63) is 35.6 Å². The molecule has 1 heterocycles. The molecule has 2 amide bonds. The van der Waals surface area contributed by atoms with Gasteiger partial charge in [0.15, 0.2) is 0 Å². The quantitative estimate of drug-likeness (QED) is 0.878. The molecule has 1 aromatic carbocycles. The SMILES string of the molecule is C[C@@H](N)C(=O)NC1CCN(C(=O)c2ccccc2F)CC1.Cl. The highest BCUT2D eigenvalue weighted by Crippen LogP contribution is 2.16. The summed E-state index contributed by atoms with van der Waals surface area (Å²) in [5.74, 6) is -0.992. The maximum absolute atomic E-state index is 13.6. The average Bonchev–Trinajstić information content (AvgIpc) is 2.47. The lowest BCUT2D eigenvalue weighted by molar-refractivity contribution is -0.122. The maximum atomic E-state index is 13.6. The van der Waals surface area contributed by atoms with Crippen LogP contribution in [0.15, 0.2) is 24.3 Å². The molecule has 3 N–H and O–H groups in total. The van der Waals surface area contributed by atoms with E-state index >= 15 is 0 Å². The molecule has 1 atom stereocenters. The van der Waals surface area contributed by atoms with Crippen LogP contribution in [0.3, 0.4) is 0 Å². The molecule has 22 heavy (non-hydrogen) atoms. The fraction of sp³-hybridized carbons (Fsp3) is 0.467. The minimum absolute atomic E-state index is 0. The van der Waals surface area contributed by atoms with E-state index in [-0.39, 0.29) is 35.8 Å². The second-order valence-corrected chi connectivity index (χ2v) is 5.34. The Morgan fingerprint density at radius 3 is 2.45 bits per heavy atom. The van der Waals surface area contributed by atoms with E-state index in [0.717, 1.165) is 0 Å². The standard InChI is InChI=1S/C15H20FN3O2.ClH/c1-10(17)14(20)18-11-6-8-19(9-7-11)15(21)12-4-2-3-5-13(12)16;/h2-5,10-11H,6-9,17H2,1H3,(H,18,20);1H/t10-;/m1./s1. The second-order valence-electron chi connectivity index (χ2n) is 5.34. The van der Waals surface area contributed by atoms with Crippen LogP contribution in [0, 0.1) is 5.82 Å². The molecule has 2 rings (SSSR count). The molecule has 1 aliphatic rings. The van der Waals surface area contributed by atoms with Crippen molar-refractivity contribution in [1.29, 1.82) is 0 Å². The molecule has 0 saturated carbocycles. The normalized spacial score (nSPS) is 16.6. The van der Waals surface area contributed by atoms with Crippen LogP contribution in [0.5, 0.6) is 0 Å². The molecule has 0 aromatic heterocycles. The van der Waals surface area contributed by atoms with Gasteiger partial charge in [0.1, 0.15) is 5.82 Å². The van der Waals surface area contributed by atoms with Crippen molar-refractivity contribution < 1.29 is 14.0 Å². The van der Waals surface area contributed by atoms with Gasteiger partial charge in [-0.1, -0.05) is 12.1 Å². The number of hydrogen-bond donors (Lipinski definition) is 2. The lowest BCUT2D eigenvalue weighted by atomic mass is 10.0. The predicted octanol–water partition coefficient (Wildman–Crippen LogP) is 1.32. The summed E-state index contributed by atoms with van der Waals surface area (Å²) in [6, 6.07) is 5.45. The predicted molar refractivity (Wildman–Crippen MR) is 84.4 cm³/mol. The first-order valence-corrected chi connectivity index (χ1v) is 7.09. The summed E-state index contributed by atoms with van der Waals surface area (Å²) >= 11 is 0. The lowest BCUT2D eigenvalue weighted by Crippen LogP contribution is -2.49. The van der Waals surface area contributed by atoms with Gasteiger partial charge in [0, 0.05) is 19.1 Å². The van der Waals surface area contributed by atoms with Gasteiger partial charge in [-0.05, 0) is 31.9 Å². The van der Waals surface area contributed by atoms with E-state index in [9.17, 15) is 14.0 Å². The third-order valence-electron chi connectivity index (χ3n) is 3.65. The number of piperidine rings is 1. The van der Waals surface area contributed by atoms with E-state index in [1.165, 1.54) is 12.1 Å². The molecule has 1 aromatic rings. The van der Waals surface area contributed by atoms with Crippen molar-refractivity contribution >= 4 is 24.2 Å². The van der Waals surface area contributed by atoms with E-state index in [1.807, 2.05) is 0 Å². The Hall–Kier alpha value is -1.66. The van der Waals surface area contributed by atoms with E-state index in [0.29, 0.717) is 25.9 Å². The molecule has 5 nitrogen and oxygen atoms in total. The van der Waals surface area contributed by atoms with Gasteiger partial charge in [0.05, 0.1) is 11.6 Å². The zero-order valence-corrected chi connectivity index (χ0v) is 13.2. The van der Waals surface area contributed by atoms with Gasteiger partial charge in [0.25, 0.3) is 5.91 Å². The van der Waals surface area contributed by atoms with Crippen molar-refractivity contribution in [3.63, 3.8) is 0 Å².